The van der Waals surface area contributed by atoms with E-state index in [1.807, 2.05) is 47.4 Å². The van der Waals surface area contributed by atoms with Gasteiger partial charge >= 0.3 is 0 Å². The molecule has 1 heterocycles. The van der Waals surface area contributed by atoms with Crippen molar-refractivity contribution >= 4 is 12.0 Å². The van der Waals surface area contributed by atoms with Crippen LogP contribution in [0.1, 0.15) is 24.8 Å². The largest absolute Gasteiger partial charge is 0.338 e. The Labute approximate surface area is 108 Å². The van der Waals surface area contributed by atoms with E-state index in [-0.39, 0.29) is 11.9 Å². The highest BCUT2D eigenvalue weighted by molar-refractivity contribution is 5.82. The maximum absolute atomic E-state index is 12.0. The van der Waals surface area contributed by atoms with Crippen molar-refractivity contribution in [1.29, 1.82) is 0 Å². The SMILES string of the molecule is N[C@@H]1CCCCN(C/C=C/c2ccccc2)C1=O. The van der Waals surface area contributed by atoms with Gasteiger partial charge in [0.05, 0.1) is 6.04 Å². The Balaban J connectivity index is 1.92. The third-order valence-corrected chi connectivity index (χ3v) is 3.26. The van der Waals surface area contributed by atoms with E-state index in [0.29, 0.717) is 6.54 Å². The van der Waals surface area contributed by atoms with E-state index in [2.05, 4.69) is 0 Å². The maximum Gasteiger partial charge on any atom is 0.239 e. The van der Waals surface area contributed by atoms with Gasteiger partial charge in [0.2, 0.25) is 5.91 Å². The van der Waals surface area contributed by atoms with Crippen molar-refractivity contribution in [3.05, 3.63) is 42.0 Å². The first-order chi connectivity index (χ1) is 8.77. The molecule has 1 aromatic rings. The standard InChI is InChI=1S/C15H20N2O/c16-14-10-4-5-11-17(15(14)18)12-6-9-13-7-2-1-3-8-13/h1-3,6-9,14H,4-5,10-12,16H2/b9-6+/t14-/m1/s1. The molecule has 1 aliphatic rings. The second-order valence-electron chi connectivity index (χ2n) is 4.70. The van der Waals surface area contributed by atoms with Gasteiger partial charge in [-0.15, -0.1) is 0 Å². The van der Waals surface area contributed by atoms with Crippen LogP contribution in [0.5, 0.6) is 0 Å². The molecule has 1 amide bonds. The van der Waals surface area contributed by atoms with E-state index in [1.165, 1.54) is 0 Å². The lowest BCUT2D eigenvalue weighted by molar-refractivity contribution is -0.131. The van der Waals surface area contributed by atoms with Crippen molar-refractivity contribution in [2.75, 3.05) is 13.1 Å². The van der Waals surface area contributed by atoms with Gasteiger partial charge < -0.3 is 10.6 Å². The summed E-state index contributed by atoms with van der Waals surface area (Å²) < 4.78 is 0. The quantitative estimate of drug-likeness (QED) is 0.884. The van der Waals surface area contributed by atoms with Gasteiger partial charge in [0.15, 0.2) is 0 Å². The van der Waals surface area contributed by atoms with Gasteiger partial charge in [-0.3, -0.25) is 4.79 Å². The molecule has 1 aliphatic heterocycles. The summed E-state index contributed by atoms with van der Waals surface area (Å²) in [5.74, 6) is 0.0882. The lowest BCUT2D eigenvalue weighted by Crippen LogP contribution is -2.42. The number of nitrogens with zero attached hydrogens (tertiary/aromatic N) is 1. The smallest absolute Gasteiger partial charge is 0.239 e. The fraction of sp³-hybridized carbons (Fsp3) is 0.400. The molecule has 18 heavy (non-hydrogen) atoms. The summed E-state index contributed by atoms with van der Waals surface area (Å²) in [5.41, 5.74) is 6.99. The number of nitrogens with two attached hydrogens (primary N) is 1. The number of carbonyl (C=O) groups excluding carboxylic acids is 1. The first-order valence-corrected chi connectivity index (χ1v) is 6.53. The second-order valence-corrected chi connectivity index (χ2v) is 4.70. The Morgan fingerprint density at radius 3 is 2.83 bits per heavy atom. The van der Waals surface area contributed by atoms with Crippen molar-refractivity contribution in [2.45, 2.75) is 25.3 Å². The molecular weight excluding hydrogens is 224 g/mol. The molecular formula is C15H20N2O. The number of amides is 1. The molecule has 0 aliphatic carbocycles. The summed E-state index contributed by atoms with van der Waals surface area (Å²) >= 11 is 0. The summed E-state index contributed by atoms with van der Waals surface area (Å²) in [5, 5.41) is 0. The molecule has 96 valence electrons. The van der Waals surface area contributed by atoms with Gasteiger partial charge in [0.25, 0.3) is 0 Å². The van der Waals surface area contributed by atoms with Crippen LogP contribution in [0.2, 0.25) is 0 Å². The molecule has 0 radical (unpaired) electrons. The molecule has 0 bridgehead atoms. The summed E-state index contributed by atoms with van der Waals surface area (Å²) in [7, 11) is 0. The molecule has 1 aromatic carbocycles. The highest BCUT2D eigenvalue weighted by Crippen LogP contribution is 2.11. The Hall–Kier alpha value is -1.61. The predicted octanol–water partition coefficient (Wildman–Crippen LogP) is 2.04. The van der Waals surface area contributed by atoms with Crippen molar-refractivity contribution < 1.29 is 4.79 Å². The Bertz CT molecular complexity index is 414. The lowest BCUT2D eigenvalue weighted by Gasteiger charge is -2.20. The Kier molecular flexibility index (Phi) is 4.53. The van der Waals surface area contributed by atoms with Crippen molar-refractivity contribution in [2.24, 2.45) is 5.73 Å². The Morgan fingerprint density at radius 2 is 2.06 bits per heavy atom. The monoisotopic (exact) mass is 244 g/mol. The fourth-order valence-electron chi connectivity index (χ4n) is 2.20. The molecule has 1 saturated heterocycles. The van der Waals surface area contributed by atoms with Crippen molar-refractivity contribution in [1.82, 2.24) is 4.90 Å². The third-order valence-electron chi connectivity index (χ3n) is 3.26. The minimum atomic E-state index is -0.308. The van der Waals surface area contributed by atoms with Crippen LogP contribution >= 0.6 is 0 Å². The highest BCUT2D eigenvalue weighted by atomic mass is 16.2. The van der Waals surface area contributed by atoms with Crippen LogP contribution in [0.25, 0.3) is 6.08 Å². The van der Waals surface area contributed by atoms with Crippen molar-refractivity contribution in [3.63, 3.8) is 0 Å². The van der Waals surface area contributed by atoms with E-state index in [9.17, 15) is 4.79 Å². The number of benzene rings is 1. The fourth-order valence-corrected chi connectivity index (χ4v) is 2.20. The van der Waals surface area contributed by atoms with Crippen LogP contribution in [0.4, 0.5) is 0 Å². The minimum Gasteiger partial charge on any atom is -0.338 e. The van der Waals surface area contributed by atoms with Crippen LogP contribution in [-0.2, 0) is 4.79 Å². The van der Waals surface area contributed by atoms with Crippen LogP contribution in [0, 0.1) is 0 Å². The second kappa shape index (κ2) is 6.36. The van der Waals surface area contributed by atoms with E-state index in [4.69, 9.17) is 5.73 Å². The molecule has 0 saturated carbocycles. The van der Waals surface area contributed by atoms with Crippen LogP contribution in [0.3, 0.4) is 0 Å². The number of hydrogen-bond donors (Lipinski definition) is 1. The number of likely N-dealkylation sites (tertiary alicyclic amines) is 1. The van der Waals surface area contributed by atoms with Gasteiger partial charge in [-0.2, -0.15) is 0 Å². The maximum atomic E-state index is 12.0. The normalized spacial score (nSPS) is 21.3. The van der Waals surface area contributed by atoms with Crippen LogP contribution < -0.4 is 5.73 Å². The molecule has 2 rings (SSSR count). The molecule has 1 fully saturated rings. The topological polar surface area (TPSA) is 46.3 Å². The average molecular weight is 244 g/mol. The van der Waals surface area contributed by atoms with Gasteiger partial charge in [0, 0.05) is 13.1 Å². The molecule has 0 aromatic heterocycles. The summed E-state index contributed by atoms with van der Waals surface area (Å²) in [4.78, 5) is 13.8. The van der Waals surface area contributed by atoms with Gasteiger partial charge in [0.1, 0.15) is 0 Å². The number of rotatable bonds is 3. The first kappa shape index (κ1) is 12.8. The first-order valence-electron chi connectivity index (χ1n) is 6.53. The molecule has 3 nitrogen and oxygen atoms in total. The van der Waals surface area contributed by atoms with Crippen molar-refractivity contribution in [3.8, 4) is 0 Å². The van der Waals surface area contributed by atoms with Gasteiger partial charge in [-0.25, -0.2) is 0 Å². The zero-order valence-electron chi connectivity index (χ0n) is 10.6. The zero-order valence-corrected chi connectivity index (χ0v) is 10.6. The van der Waals surface area contributed by atoms with Crippen LogP contribution in [0.15, 0.2) is 36.4 Å². The predicted molar refractivity (Wildman–Crippen MR) is 73.9 cm³/mol. The number of carbonyl (C=O) groups is 1. The summed E-state index contributed by atoms with van der Waals surface area (Å²) in [6.07, 6.45) is 7.00. The molecule has 0 unspecified atom stereocenters. The molecule has 0 spiro atoms. The molecule has 2 N–H and O–H groups in total. The number of hydrogen-bond acceptors (Lipinski definition) is 2. The van der Waals surface area contributed by atoms with E-state index in [0.717, 1.165) is 31.4 Å². The summed E-state index contributed by atoms with van der Waals surface area (Å²) in [6, 6.07) is 9.80. The third kappa shape index (κ3) is 3.44. The van der Waals surface area contributed by atoms with E-state index < -0.39 is 0 Å². The van der Waals surface area contributed by atoms with Gasteiger partial charge in [-0.1, -0.05) is 42.5 Å². The van der Waals surface area contributed by atoms with Crippen LogP contribution in [-0.4, -0.2) is 29.9 Å². The molecule has 3 heteroatoms. The van der Waals surface area contributed by atoms with E-state index in [1.54, 1.807) is 0 Å². The Morgan fingerprint density at radius 1 is 1.28 bits per heavy atom. The minimum absolute atomic E-state index is 0.0882. The lowest BCUT2D eigenvalue weighted by atomic mass is 10.1. The van der Waals surface area contributed by atoms with Gasteiger partial charge in [-0.05, 0) is 24.8 Å². The summed E-state index contributed by atoms with van der Waals surface area (Å²) in [6.45, 7) is 1.48. The average Bonchev–Trinajstić information content (AvgIpc) is 2.55. The highest BCUT2D eigenvalue weighted by Gasteiger charge is 2.22. The van der Waals surface area contributed by atoms with E-state index >= 15 is 0 Å². The zero-order chi connectivity index (χ0) is 12.8. The molecule has 1 atom stereocenters.